The molecular formula is C15H19NO2. The molecule has 0 spiro atoms. The van der Waals surface area contributed by atoms with Gasteiger partial charge in [-0.15, -0.1) is 0 Å². The number of hydrogen-bond acceptors (Lipinski definition) is 2. The highest BCUT2D eigenvalue weighted by atomic mass is 16.6. The van der Waals surface area contributed by atoms with E-state index in [1.807, 2.05) is 37.3 Å². The van der Waals surface area contributed by atoms with Crippen LogP contribution in [0, 0.1) is 0 Å². The van der Waals surface area contributed by atoms with Gasteiger partial charge in [0.15, 0.2) is 5.60 Å². The van der Waals surface area contributed by atoms with Crippen molar-refractivity contribution >= 4 is 6.09 Å². The van der Waals surface area contributed by atoms with Gasteiger partial charge in [0, 0.05) is 12.1 Å². The van der Waals surface area contributed by atoms with Gasteiger partial charge in [0.25, 0.3) is 0 Å². The van der Waals surface area contributed by atoms with E-state index in [2.05, 4.69) is 13.5 Å². The maximum atomic E-state index is 11.9. The Labute approximate surface area is 108 Å². The van der Waals surface area contributed by atoms with Crippen LogP contribution in [0.1, 0.15) is 32.3 Å². The molecular weight excluding hydrogens is 226 g/mol. The van der Waals surface area contributed by atoms with E-state index in [1.54, 1.807) is 4.90 Å². The largest absolute Gasteiger partial charge is 0.431 e. The molecule has 1 amide bonds. The summed E-state index contributed by atoms with van der Waals surface area (Å²) in [5.41, 5.74) is 0.959. The highest BCUT2D eigenvalue weighted by Gasteiger charge is 2.46. The Morgan fingerprint density at radius 1 is 1.33 bits per heavy atom. The van der Waals surface area contributed by atoms with Gasteiger partial charge in [-0.05, 0) is 13.3 Å². The number of carbonyl (C=O) groups excluding carboxylic acids is 1. The maximum absolute atomic E-state index is 11.9. The lowest BCUT2D eigenvalue weighted by molar-refractivity contribution is 0.0801. The van der Waals surface area contributed by atoms with E-state index in [0.717, 1.165) is 24.1 Å². The number of cyclic esters (lactones) is 1. The van der Waals surface area contributed by atoms with Crippen molar-refractivity contribution in [2.45, 2.75) is 32.3 Å². The second kappa shape index (κ2) is 4.84. The van der Waals surface area contributed by atoms with Crippen LogP contribution in [0.5, 0.6) is 0 Å². The SMILES string of the molecule is C=C1N(CCCC)C(=O)OC1(C)c1ccccc1. The number of nitrogens with zero attached hydrogens (tertiary/aromatic N) is 1. The molecule has 1 aliphatic rings. The van der Waals surface area contributed by atoms with Gasteiger partial charge in [-0.2, -0.15) is 0 Å². The fraction of sp³-hybridized carbons (Fsp3) is 0.400. The summed E-state index contributed by atoms with van der Waals surface area (Å²) in [5, 5.41) is 0. The first-order chi connectivity index (χ1) is 8.59. The van der Waals surface area contributed by atoms with E-state index in [1.165, 1.54) is 0 Å². The zero-order valence-electron chi connectivity index (χ0n) is 11.0. The number of benzene rings is 1. The van der Waals surface area contributed by atoms with Crippen molar-refractivity contribution in [1.29, 1.82) is 0 Å². The van der Waals surface area contributed by atoms with Crippen LogP contribution in [-0.4, -0.2) is 17.5 Å². The first-order valence-electron chi connectivity index (χ1n) is 6.35. The summed E-state index contributed by atoms with van der Waals surface area (Å²) in [5.74, 6) is 0. The molecule has 18 heavy (non-hydrogen) atoms. The summed E-state index contributed by atoms with van der Waals surface area (Å²) in [6.45, 7) is 8.72. The highest BCUT2D eigenvalue weighted by Crippen LogP contribution is 2.40. The molecule has 0 bridgehead atoms. The smallest absolute Gasteiger partial charge is 0.415 e. The Balaban J connectivity index is 2.26. The van der Waals surface area contributed by atoms with Crippen molar-refractivity contribution in [2.75, 3.05) is 6.54 Å². The summed E-state index contributed by atoms with van der Waals surface area (Å²) >= 11 is 0. The Hall–Kier alpha value is -1.77. The van der Waals surface area contributed by atoms with Crippen molar-refractivity contribution in [3.63, 3.8) is 0 Å². The van der Waals surface area contributed by atoms with Gasteiger partial charge < -0.3 is 4.74 Å². The molecule has 0 aliphatic carbocycles. The molecule has 1 unspecified atom stereocenters. The van der Waals surface area contributed by atoms with Crippen molar-refractivity contribution in [3.05, 3.63) is 48.2 Å². The highest BCUT2D eigenvalue weighted by molar-refractivity contribution is 5.75. The Kier molecular flexibility index (Phi) is 3.41. The second-order valence-electron chi connectivity index (χ2n) is 4.72. The van der Waals surface area contributed by atoms with E-state index < -0.39 is 5.60 Å². The topological polar surface area (TPSA) is 29.5 Å². The molecule has 3 heteroatoms. The third-order valence-corrected chi connectivity index (χ3v) is 3.45. The molecule has 0 aromatic heterocycles. The Morgan fingerprint density at radius 2 is 2.00 bits per heavy atom. The predicted molar refractivity (Wildman–Crippen MR) is 71.0 cm³/mol. The Bertz CT molecular complexity index is 455. The number of amides is 1. The van der Waals surface area contributed by atoms with Crippen molar-refractivity contribution in [1.82, 2.24) is 4.90 Å². The van der Waals surface area contributed by atoms with Gasteiger partial charge in [-0.3, -0.25) is 4.90 Å². The van der Waals surface area contributed by atoms with Crippen molar-refractivity contribution < 1.29 is 9.53 Å². The van der Waals surface area contributed by atoms with Gasteiger partial charge in [0.1, 0.15) is 0 Å². The molecule has 1 aromatic carbocycles. The van der Waals surface area contributed by atoms with E-state index in [4.69, 9.17) is 4.74 Å². The van der Waals surface area contributed by atoms with E-state index in [9.17, 15) is 4.79 Å². The third-order valence-electron chi connectivity index (χ3n) is 3.45. The summed E-state index contributed by atoms with van der Waals surface area (Å²) in [7, 11) is 0. The summed E-state index contributed by atoms with van der Waals surface area (Å²) in [6.07, 6.45) is 1.71. The third kappa shape index (κ3) is 2.01. The molecule has 1 aromatic rings. The minimum absolute atomic E-state index is 0.292. The minimum Gasteiger partial charge on any atom is -0.431 e. The molecule has 0 N–H and O–H groups in total. The lowest BCUT2D eigenvalue weighted by atomic mass is 9.93. The first kappa shape index (κ1) is 12.7. The zero-order chi connectivity index (χ0) is 13.2. The zero-order valence-corrected chi connectivity index (χ0v) is 11.0. The quantitative estimate of drug-likeness (QED) is 0.810. The number of unbranched alkanes of at least 4 members (excludes halogenated alkanes) is 1. The standard InChI is InChI=1S/C15H19NO2/c1-4-5-11-16-12(2)15(3,18-14(16)17)13-9-7-6-8-10-13/h6-10H,2,4-5,11H2,1,3H3. The number of carbonyl (C=O) groups is 1. The van der Waals surface area contributed by atoms with E-state index >= 15 is 0 Å². The van der Waals surface area contributed by atoms with E-state index in [0.29, 0.717) is 6.54 Å². The van der Waals surface area contributed by atoms with Crippen LogP contribution in [-0.2, 0) is 10.3 Å². The van der Waals surface area contributed by atoms with Crippen LogP contribution in [0.4, 0.5) is 4.79 Å². The van der Waals surface area contributed by atoms with Crippen molar-refractivity contribution in [3.8, 4) is 0 Å². The normalized spacial score (nSPS) is 23.3. The molecule has 1 atom stereocenters. The van der Waals surface area contributed by atoms with Crippen LogP contribution >= 0.6 is 0 Å². The fourth-order valence-corrected chi connectivity index (χ4v) is 2.18. The average molecular weight is 245 g/mol. The van der Waals surface area contributed by atoms with Crippen LogP contribution in [0.15, 0.2) is 42.6 Å². The van der Waals surface area contributed by atoms with E-state index in [-0.39, 0.29) is 6.09 Å². The van der Waals surface area contributed by atoms with Gasteiger partial charge >= 0.3 is 6.09 Å². The molecule has 1 heterocycles. The summed E-state index contributed by atoms with van der Waals surface area (Å²) in [4.78, 5) is 13.6. The lowest BCUT2D eigenvalue weighted by Gasteiger charge is -2.24. The Morgan fingerprint density at radius 3 is 2.61 bits per heavy atom. The van der Waals surface area contributed by atoms with Gasteiger partial charge in [0.05, 0.1) is 5.70 Å². The average Bonchev–Trinajstić information content (AvgIpc) is 2.60. The van der Waals surface area contributed by atoms with Crippen LogP contribution in [0.2, 0.25) is 0 Å². The molecule has 3 nitrogen and oxygen atoms in total. The van der Waals surface area contributed by atoms with Crippen LogP contribution in [0.3, 0.4) is 0 Å². The first-order valence-corrected chi connectivity index (χ1v) is 6.35. The number of rotatable bonds is 4. The second-order valence-corrected chi connectivity index (χ2v) is 4.72. The number of hydrogen-bond donors (Lipinski definition) is 0. The summed E-state index contributed by atoms with van der Waals surface area (Å²) < 4.78 is 5.54. The molecule has 1 fully saturated rings. The molecule has 0 saturated carbocycles. The monoisotopic (exact) mass is 245 g/mol. The van der Waals surface area contributed by atoms with Gasteiger partial charge in [0.2, 0.25) is 0 Å². The van der Waals surface area contributed by atoms with Crippen molar-refractivity contribution in [2.24, 2.45) is 0 Å². The van der Waals surface area contributed by atoms with Crippen LogP contribution in [0.25, 0.3) is 0 Å². The maximum Gasteiger partial charge on any atom is 0.415 e. The number of ether oxygens (including phenoxy) is 1. The molecule has 2 rings (SSSR count). The fourth-order valence-electron chi connectivity index (χ4n) is 2.18. The van der Waals surface area contributed by atoms with Gasteiger partial charge in [-0.1, -0.05) is 50.3 Å². The molecule has 0 radical (unpaired) electrons. The predicted octanol–water partition coefficient (Wildman–Crippen LogP) is 3.67. The lowest BCUT2D eigenvalue weighted by Crippen LogP contribution is -2.26. The van der Waals surface area contributed by atoms with Crippen LogP contribution < -0.4 is 0 Å². The molecule has 96 valence electrons. The molecule has 1 saturated heterocycles. The summed E-state index contributed by atoms with van der Waals surface area (Å²) in [6, 6.07) is 9.75. The van der Waals surface area contributed by atoms with Gasteiger partial charge in [-0.25, -0.2) is 4.79 Å². The molecule has 1 aliphatic heterocycles. The minimum atomic E-state index is -0.730.